The fourth-order valence-electron chi connectivity index (χ4n) is 2.85. The molecule has 1 heterocycles. The lowest BCUT2D eigenvalue weighted by molar-refractivity contribution is 0.0963. The normalized spacial score (nSPS) is 15.9. The summed E-state index contributed by atoms with van der Waals surface area (Å²) in [5, 5.41) is 4.04. The second-order valence-electron chi connectivity index (χ2n) is 6.07. The number of hydrogen-bond donors (Lipinski definition) is 2. The van der Waals surface area contributed by atoms with Crippen LogP contribution in [0.25, 0.3) is 0 Å². The van der Waals surface area contributed by atoms with Crippen molar-refractivity contribution in [2.24, 2.45) is 10.7 Å². The Morgan fingerprint density at radius 1 is 1.40 bits per heavy atom. The van der Waals surface area contributed by atoms with Gasteiger partial charge in [0, 0.05) is 30.7 Å². The standard InChI is InChI=1S/C18H27ClN4O2/c1-2-25-18(24)23-12-9-15(10-13-23)22-17(20)21-11-5-7-14-6-3-4-8-16(14)19/h3-4,6,8,15H,2,5,7,9-13H2,1H3,(H3,20,21,22). The molecule has 3 N–H and O–H groups in total. The Hall–Kier alpha value is -1.95. The highest BCUT2D eigenvalue weighted by atomic mass is 35.5. The molecule has 1 aromatic rings. The minimum atomic E-state index is -0.234. The third-order valence-electron chi connectivity index (χ3n) is 4.22. The van der Waals surface area contributed by atoms with Crippen LogP contribution < -0.4 is 11.1 Å². The molecule has 1 fully saturated rings. The van der Waals surface area contributed by atoms with Gasteiger partial charge in [-0.25, -0.2) is 4.79 Å². The molecule has 0 spiro atoms. The summed E-state index contributed by atoms with van der Waals surface area (Å²) in [4.78, 5) is 17.8. The molecular weight excluding hydrogens is 340 g/mol. The van der Waals surface area contributed by atoms with Crippen LogP contribution in [-0.4, -0.2) is 49.2 Å². The molecule has 0 atom stereocenters. The number of hydrogen-bond acceptors (Lipinski definition) is 3. The van der Waals surface area contributed by atoms with E-state index in [0.717, 1.165) is 36.3 Å². The number of nitrogens with two attached hydrogens (primary N) is 1. The number of ether oxygens (including phenoxy) is 1. The van der Waals surface area contributed by atoms with E-state index in [1.165, 1.54) is 0 Å². The molecule has 0 bridgehead atoms. The van der Waals surface area contributed by atoms with Crippen LogP contribution in [0.5, 0.6) is 0 Å². The van der Waals surface area contributed by atoms with Gasteiger partial charge in [-0.2, -0.15) is 0 Å². The van der Waals surface area contributed by atoms with Gasteiger partial charge in [0.15, 0.2) is 5.96 Å². The summed E-state index contributed by atoms with van der Waals surface area (Å²) in [5.74, 6) is 0.466. The van der Waals surface area contributed by atoms with Gasteiger partial charge in [-0.1, -0.05) is 29.8 Å². The number of nitrogens with zero attached hydrogens (tertiary/aromatic N) is 2. The van der Waals surface area contributed by atoms with Crippen molar-refractivity contribution in [2.45, 2.75) is 38.6 Å². The van der Waals surface area contributed by atoms with Crippen LogP contribution in [0, 0.1) is 0 Å². The lowest BCUT2D eigenvalue weighted by Crippen LogP contribution is -2.48. The minimum absolute atomic E-state index is 0.234. The van der Waals surface area contributed by atoms with E-state index in [2.05, 4.69) is 10.3 Å². The first kappa shape index (κ1) is 19.4. The Labute approximate surface area is 154 Å². The molecule has 1 amide bonds. The van der Waals surface area contributed by atoms with E-state index >= 15 is 0 Å². The van der Waals surface area contributed by atoms with Gasteiger partial charge in [0.1, 0.15) is 0 Å². The first-order chi connectivity index (χ1) is 12.1. The van der Waals surface area contributed by atoms with E-state index in [1.54, 1.807) is 4.90 Å². The highest BCUT2D eigenvalue weighted by Crippen LogP contribution is 2.16. The largest absolute Gasteiger partial charge is 0.450 e. The van der Waals surface area contributed by atoms with Gasteiger partial charge in [0.2, 0.25) is 0 Å². The topological polar surface area (TPSA) is 80.0 Å². The molecule has 2 rings (SSSR count). The number of carbonyl (C=O) groups is 1. The van der Waals surface area contributed by atoms with E-state index in [1.807, 2.05) is 31.2 Å². The molecule has 0 unspecified atom stereocenters. The molecule has 138 valence electrons. The first-order valence-corrected chi connectivity index (χ1v) is 9.19. The molecule has 25 heavy (non-hydrogen) atoms. The Morgan fingerprint density at radius 2 is 2.12 bits per heavy atom. The molecule has 1 aliphatic rings. The molecule has 0 aliphatic carbocycles. The van der Waals surface area contributed by atoms with Crippen LogP contribution in [0.2, 0.25) is 5.02 Å². The van der Waals surface area contributed by atoms with Gasteiger partial charge in [-0.15, -0.1) is 0 Å². The van der Waals surface area contributed by atoms with E-state index in [0.29, 0.717) is 32.2 Å². The third kappa shape index (κ3) is 6.46. The monoisotopic (exact) mass is 366 g/mol. The summed E-state index contributed by atoms with van der Waals surface area (Å²) < 4.78 is 5.02. The molecule has 6 nitrogen and oxygen atoms in total. The smallest absolute Gasteiger partial charge is 0.409 e. The molecule has 0 aromatic heterocycles. The van der Waals surface area contributed by atoms with Gasteiger partial charge < -0.3 is 20.7 Å². The zero-order chi connectivity index (χ0) is 18.1. The number of piperidine rings is 1. The number of rotatable bonds is 6. The molecule has 0 saturated carbocycles. The highest BCUT2D eigenvalue weighted by Gasteiger charge is 2.23. The van der Waals surface area contributed by atoms with E-state index < -0.39 is 0 Å². The maximum Gasteiger partial charge on any atom is 0.409 e. The fourth-order valence-corrected chi connectivity index (χ4v) is 3.08. The van der Waals surface area contributed by atoms with Gasteiger partial charge in [0.05, 0.1) is 6.61 Å². The van der Waals surface area contributed by atoms with Crippen molar-refractivity contribution >= 4 is 23.7 Å². The fraction of sp³-hybridized carbons (Fsp3) is 0.556. The van der Waals surface area contributed by atoms with E-state index in [9.17, 15) is 4.79 Å². The van der Waals surface area contributed by atoms with Gasteiger partial charge in [0.25, 0.3) is 0 Å². The average molecular weight is 367 g/mol. The third-order valence-corrected chi connectivity index (χ3v) is 4.59. The summed E-state index contributed by atoms with van der Waals surface area (Å²) in [6, 6.07) is 8.10. The molecule has 1 aromatic carbocycles. The highest BCUT2D eigenvalue weighted by molar-refractivity contribution is 6.31. The van der Waals surface area contributed by atoms with Crippen LogP contribution in [-0.2, 0) is 11.2 Å². The zero-order valence-corrected chi connectivity index (χ0v) is 15.5. The molecule has 7 heteroatoms. The minimum Gasteiger partial charge on any atom is -0.450 e. The van der Waals surface area contributed by atoms with Crippen LogP contribution >= 0.6 is 11.6 Å². The Morgan fingerprint density at radius 3 is 2.80 bits per heavy atom. The van der Waals surface area contributed by atoms with Crippen LogP contribution in [0.15, 0.2) is 29.3 Å². The SMILES string of the molecule is CCOC(=O)N1CCC(NC(N)=NCCCc2ccccc2Cl)CC1. The van der Waals surface area contributed by atoms with Crippen molar-refractivity contribution in [3.05, 3.63) is 34.9 Å². The number of likely N-dealkylation sites (tertiary alicyclic amines) is 1. The number of carbonyl (C=O) groups excluding carboxylic acids is 1. The van der Waals surface area contributed by atoms with Crippen molar-refractivity contribution in [1.82, 2.24) is 10.2 Å². The second-order valence-corrected chi connectivity index (χ2v) is 6.47. The summed E-state index contributed by atoms with van der Waals surface area (Å²) in [6.45, 7) is 4.23. The summed E-state index contributed by atoms with van der Waals surface area (Å²) in [6.07, 6.45) is 3.23. The number of amides is 1. The predicted molar refractivity (Wildman–Crippen MR) is 101 cm³/mol. The number of aryl methyl sites for hydroxylation is 1. The van der Waals surface area contributed by atoms with Crippen LogP contribution in [0.3, 0.4) is 0 Å². The summed E-state index contributed by atoms with van der Waals surface area (Å²) >= 11 is 6.14. The van der Waals surface area contributed by atoms with Crippen molar-refractivity contribution in [3.8, 4) is 0 Å². The number of benzene rings is 1. The molecule has 1 saturated heterocycles. The van der Waals surface area contributed by atoms with Gasteiger partial charge >= 0.3 is 6.09 Å². The van der Waals surface area contributed by atoms with Crippen LogP contribution in [0.1, 0.15) is 31.7 Å². The predicted octanol–water partition coefficient (Wildman–Crippen LogP) is 2.80. The summed E-state index contributed by atoms with van der Waals surface area (Å²) in [7, 11) is 0. The van der Waals surface area contributed by atoms with Gasteiger partial charge in [-0.05, 0) is 44.2 Å². The quantitative estimate of drug-likeness (QED) is 0.461. The maximum atomic E-state index is 11.7. The second kappa shape index (κ2) is 10.1. The van der Waals surface area contributed by atoms with Crippen LogP contribution in [0.4, 0.5) is 4.79 Å². The number of nitrogens with one attached hydrogen (secondary N) is 1. The van der Waals surface area contributed by atoms with E-state index in [-0.39, 0.29) is 12.1 Å². The Kier molecular flexibility index (Phi) is 7.85. The number of guanidine groups is 1. The molecule has 0 radical (unpaired) electrons. The average Bonchev–Trinajstić information content (AvgIpc) is 2.61. The lowest BCUT2D eigenvalue weighted by atomic mass is 10.1. The van der Waals surface area contributed by atoms with Gasteiger partial charge in [-0.3, -0.25) is 4.99 Å². The Bertz CT molecular complexity index is 586. The number of halogens is 1. The maximum absolute atomic E-state index is 11.7. The van der Waals surface area contributed by atoms with Crippen molar-refractivity contribution in [2.75, 3.05) is 26.2 Å². The first-order valence-electron chi connectivity index (χ1n) is 8.81. The molecule has 1 aliphatic heterocycles. The van der Waals surface area contributed by atoms with Crippen molar-refractivity contribution in [1.29, 1.82) is 0 Å². The lowest BCUT2D eigenvalue weighted by Gasteiger charge is -2.31. The Balaban J connectivity index is 1.66. The zero-order valence-electron chi connectivity index (χ0n) is 14.7. The van der Waals surface area contributed by atoms with E-state index in [4.69, 9.17) is 22.1 Å². The van der Waals surface area contributed by atoms with Crippen molar-refractivity contribution < 1.29 is 9.53 Å². The van der Waals surface area contributed by atoms with Crippen molar-refractivity contribution in [3.63, 3.8) is 0 Å². The number of aliphatic imine (C=N–C) groups is 1. The molecular formula is C18H27ClN4O2. The summed E-state index contributed by atoms with van der Waals surface area (Å²) in [5.41, 5.74) is 7.10.